The van der Waals surface area contributed by atoms with Gasteiger partial charge in [-0.2, -0.15) is 5.26 Å². The first-order valence-electron chi connectivity index (χ1n) is 10.8. The molecule has 1 saturated carbocycles. The van der Waals surface area contributed by atoms with Crippen molar-refractivity contribution in [2.75, 3.05) is 32.4 Å². The molecule has 1 aliphatic carbocycles. The van der Waals surface area contributed by atoms with Gasteiger partial charge in [0.25, 0.3) is 5.91 Å². The Hall–Kier alpha value is -3.02. The Morgan fingerprint density at radius 3 is 2.42 bits per heavy atom. The van der Waals surface area contributed by atoms with Gasteiger partial charge < -0.3 is 4.90 Å². The number of fused-ring (bicyclic) bond motifs is 1. The summed E-state index contributed by atoms with van der Waals surface area (Å²) in [4.78, 5) is 19.5. The van der Waals surface area contributed by atoms with Gasteiger partial charge in [-0.25, -0.2) is 13.1 Å². The summed E-state index contributed by atoms with van der Waals surface area (Å²) in [5, 5.41) is 9.76. The number of aromatic nitrogens is 1. The Bertz CT molecular complexity index is 1280. The molecule has 1 amide bonds. The van der Waals surface area contributed by atoms with E-state index in [1.807, 2.05) is 30.5 Å². The van der Waals surface area contributed by atoms with E-state index in [4.69, 9.17) is 0 Å². The average molecular weight is 465 g/mol. The van der Waals surface area contributed by atoms with Gasteiger partial charge in [0.2, 0.25) is 0 Å². The van der Waals surface area contributed by atoms with Crippen LogP contribution in [-0.4, -0.2) is 52.5 Å². The van der Waals surface area contributed by atoms with Crippen LogP contribution in [0.5, 0.6) is 0 Å². The highest BCUT2D eigenvalue weighted by atomic mass is 32.2. The first-order valence-corrected chi connectivity index (χ1v) is 12.0. The minimum atomic E-state index is -0.767. The van der Waals surface area contributed by atoms with Crippen LogP contribution in [0.15, 0.2) is 42.6 Å². The summed E-state index contributed by atoms with van der Waals surface area (Å²) >= 11 is 1.65. The molecule has 0 N–H and O–H groups in total. The lowest BCUT2D eigenvalue weighted by Crippen LogP contribution is -2.46. The van der Waals surface area contributed by atoms with Crippen LogP contribution >= 0.6 is 11.9 Å². The van der Waals surface area contributed by atoms with Crippen LogP contribution in [0.3, 0.4) is 0 Å². The Balaban J connectivity index is 1.62. The van der Waals surface area contributed by atoms with Gasteiger partial charge in [0.05, 0.1) is 17.0 Å². The summed E-state index contributed by atoms with van der Waals surface area (Å²) in [6.07, 6.45) is 5.05. The minimum Gasteiger partial charge on any atom is -0.336 e. The van der Waals surface area contributed by atoms with Crippen LogP contribution in [0.25, 0.3) is 22.0 Å². The minimum absolute atomic E-state index is 0.0231. The smallest absolute Gasteiger partial charge is 0.256 e. The van der Waals surface area contributed by atoms with Crippen LogP contribution in [0.2, 0.25) is 0 Å². The van der Waals surface area contributed by atoms with E-state index in [1.165, 1.54) is 12.3 Å². The molecule has 3 aromatic rings. The first kappa shape index (κ1) is 21.8. The van der Waals surface area contributed by atoms with Gasteiger partial charge in [0.15, 0.2) is 5.82 Å². The second-order valence-electron chi connectivity index (χ2n) is 8.51. The molecule has 0 radical (unpaired) electrons. The number of piperazine rings is 1. The molecule has 2 fully saturated rings. The Kier molecular flexibility index (Phi) is 5.55. The van der Waals surface area contributed by atoms with Crippen molar-refractivity contribution in [3.05, 3.63) is 65.4 Å². The van der Waals surface area contributed by atoms with Crippen LogP contribution < -0.4 is 0 Å². The third kappa shape index (κ3) is 3.85. The Morgan fingerprint density at radius 1 is 1.12 bits per heavy atom. The molecule has 1 aromatic heterocycles. The predicted molar refractivity (Wildman–Crippen MR) is 125 cm³/mol. The average Bonchev–Trinajstić information content (AvgIpc) is 3.64. The van der Waals surface area contributed by atoms with Crippen molar-refractivity contribution in [2.45, 2.75) is 18.3 Å². The van der Waals surface area contributed by atoms with Crippen molar-refractivity contribution < 1.29 is 13.6 Å². The van der Waals surface area contributed by atoms with Crippen molar-refractivity contribution >= 4 is 28.8 Å². The lowest BCUT2D eigenvalue weighted by atomic mass is 9.91. The molecule has 1 aliphatic heterocycles. The van der Waals surface area contributed by atoms with Gasteiger partial charge in [0.1, 0.15) is 11.3 Å². The molecule has 0 unspecified atom stereocenters. The molecular weight excluding hydrogens is 442 g/mol. The van der Waals surface area contributed by atoms with Gasteiger partial charge in [-0.05, 0) is 36.3 Å². The largest absolute Gasteiger partial charge is 0.336 e. The number of nitriles is 1. The van der Waals surface area contributed by atoms with Crippen molar-refractivity contribution in [3.8, 4) is 17.2 Å². The number of rotatable bonds is 4. The fraction of sp³-hybridized carbons (Fsp3) is 0.320. The first-order chi connectivity index (χ1) is 16.0. The maximum Gasteiger partial charge on any atom is 0.256 e. The summed E-state index contributed by atoms with van der Waals surface area (Å²) in [5.74, 6) is -1.69. The predicted octanol–water partition coefficient (Wildman–Crippen LogP) is 4.77. The van der Waals surface area contributed by atoms with E-state index in [-0.39, 0.29) is 16.8 Å². The Morgan fingerprint density at radius 2 is 1.82 bits per heavy atom. The zero-order valence-electron chi connectivity index (χ0n) is 18.1. The fourth-order valence-electron chi connectivity index (χ4n) is 4.49. The molecule has 168 valence electrons. The second kappa shape index (κ2) is 8.40. The summed E-state index contributed by atoms with van der Waals surface area (Å²) in [6, 6.07) is 11.8. The molecule has 5 rings (SSSR count). The van der Waals surface area contributed by atoms with Gasteiger partial charge in [-0.15, -0.1) is 0 Å². The number of amides is 1. The van der Waals surface area contributed by atoms with Crippen molar-refractivity contribution in [3.63, 3.8) is 0 Å². The molecule has 2 heterocycles. The summed E-state index contributed by atoms with van der Waals surface area (Å²) in [7, 11) is 0. The van der Waals surface area contributed by atoms with Crippen LogP contribution in [-0.2, 0) is 5.41 Å². The zero-order valence-corrected chi connectivity index (χ0v) is 19.0. The van der Waals surface area contributed by atoms with E-state index in [2.05, 4.69) is 15.4 Å². The number of nitrogens with zero attached hydrogens (tertiary/aromatic N) is 4. The molecule has 33 heavy (non-hydrogen) atoms. The molecule has 0 bridgehead atoms. The van der Waals surface area contributed by atoms with Gasteiger partial charge in [0, 0.05) is 49.4 Å². The van der Waals surface area contributed by atoms with E-state index in [0.29, 0.717) is 29.8 Å². The molecule has 5 nitrogen and oxygen atoms in total. The highest BCUT2D eigenvalue weighted by Crippen LogP contribution is 2.48. The van der Waals surface area contributed by atoms with Gasteiger partial charge >= 0.3 is 0 Å². The Labute approximate surface area is 195 Å². The van der Waals surface area contributed by atoms with Crippen LogP contribution in [0.4, 0.5) is 8.78 Å². The molecule has 2 aliphatic rings. The second-order valence-corrected chi connectivity index (χ2v) is 9.39. The maximum absolute atomic E-state index is 14.5. The SMILES string of the molecule is CSN1CCN(C(=O)c2cnc3c(F)cc(F)cc3c2-c2ccc(C3(C#N)CC3)cc2)CC1. The number of carbonyl (C=O) groups excluding carboxylic acids is 1. The highest BCUT2D eigenvalue weighted by Gasteiger charge is 2.44. The fourth-order valence-corrected chi connectivity index (χ4v) is 5.02. The number of benzene rings is 2. The monoisotopic (exact) mass is 464 g/mol. The van der Waals surface area contributed by atoms with E-state index in [9.17, 15) is 18.8 Å². The number of pyridine rings is 1. The number of carbonyl (C=O) groups is 1. The number of halogens is 2. The third-order valence-corrected chi connectivity index (χ3v) is 7.48. The molecular formula is C25H22F2N4OS. The molecule has 0 spiro atoms. The lowest BCUT2D eigenvalue weighted by Gasteiger charge is -2.33. The quantitative estimate of drug-likeness (QED) is 0.521. The molecule has 8 heteroatoms. The van der Waals surface area contributed by atoms with E-state index >= 15 is 0 Å². The number of hydrogen-bond acceptors (Lipinski definition) is 5. The lowest BCUT2D eigenvalue weighted by molar-refractivity contribution is 0.0704. The van der Waals surface area contributed by atoms with E-state index in [0.717, 1.165) is 37.6 Å². The van der Waals surface area contributed by atoms with E-state index < -0.39 is 17.0 Å². The van der Waals surface area contributed by atoms with Gasteiger partial charge in [-0.3, -0.25) is 9.78 Å². The maximum atomic E-state index is 14.5. The van der Waals surface area contributed by atoms with Crippen molar-refractivity contribution in [2.24, 2.45) is 0 Å². The standard InChI is InChI=1S/C25H22F2N4OS/c1-33-31-10-8-30(9-11-31)24(32)20-14-29-23-19(12-18(26)13-21(23)27)22(20)16-2-4-17(5-3-16)25(15-28)6-7-25/h2-5,12-14H,6-11H2,1H3. The van der Waals surface area contributed by atoms with Gasteiger partial charge in [-0.1, -0.05) is 36.2 Å². The summed E-state index contributed by atoms with van der Waals surface area (Å²) < 4.78 is 31.0. The van der Waals surface area contributed by atoms with Crippen LogP contribution in [0.1, 0.15) is 28.8 Å². The van der Waals surface area contributed by atoms with Crippen molar-refractivity contribution in [1.29, 1.82) is 5.26 Å². The van der Waals surface area contributed by atoms with Crippen LogP contribution in [0, 0.1) is 23.0 Å². The topological polar surface area (TPSA) is 60.2 Å². The summed E-state index contributed by atoms with van der Waals surface area (Å²) in [6.45, 7) is 2.63. The third-order valence-electron chi connectivity index (χ3n) is 6.59. The molecule has 0 atom stereocenters. The van der Waals surface area contributed by atoms with E-state index in [1.54, 1.807) is 16.8 Å². The number of hydrogen-bond donors (Lipinski definition) is 0. The molecule has 2 aromatic carbocycles. The summed E-state index contributed by atoms with van der Waals surface area (Å²) in [5.41, 5.74) is 1.95. The normalized spacial score (nSPS) is 17.7. The highest BCUT2D eigenvalue weighted by molar-refractivity contribution is 7.96. The van der Waals surface area contributed by atoms with Crippen molar-refractivity contribution in [1.82, 2.24) is 14.2 Å². The zero-order chi connectivity index (χ0) is 23.2. The molecule has 1 saturated heterocycles.